The number of carbonyl (C=O) groups excluding carboxylic acids is 1. The van der Waals surface area contributed by atoms with E-state index in [1.807, 2.05) is 37.3 Å². The number of nitrogens with one attached hydrogen (secondary N) is 1. The van der Waals surface area contributed by atoms with Crippen molar-refractivity contribution in [2.45, 2.75) is 6.92 Å². The van der Waals surface area contributed by atoms with Gasteiger partial charge in [-0.1, -0.05) is 24.3 Å². The number of rotatable bonds is 4. The van der Waals surface area contributed by atoms with Gasteiger partial charge in [-0.05, 0) is 18.4 Å². The summed E-state index contributed by atoms with van der Waals surface area (Å²) in [6, 6.07) is 9.94. The molecule has 1 aromatic heterocycles. The van der Waals surface area contributed by atoms with Gasteiger partial charge in [0.2, 0.25) is 5.91 Å². The Morgan fingerprint density at radius 1 is 1.33 bits per heavy atom. The third-order valence-electron chi connectivity index (χ3n) is 2.98. The summed E-state index contributed by atoms with van der Waals surface area (Å²) in [5.41, 5.74) is 0. The van der Waals surface area contributed by atoms with E-state index in [1.54, 1.807) is 18.1 Å². The smallest absolute Gasteiger partial charge is 0.241 e. The Morgan fingerprint density at radius 3 is 2.89 bits per heavy atom. The number of nitrogens with zero attached hydrogens (tertiary/aromatic N) is 2. The summed E-state index contributed by atoms with van der Waals surface area (Å²) >= 11 is 0. The normalized spacial score (nSPS) is 10.3. The van der Waals surface area contributed by atoms with Crippen molar-refractivity contribution >= 4 is 22.5 Å². The molecule has 94 valence electrons. The van der Waals surface area contributed by atoms with Gasteiger partial charge in [0.25, 0.3) is 0 Å². The summed E-state index contributed by atoms with van der Waals surface area (Å²) in [4.78, 5) is 17.7. The first-order valence-corrected chi connectivity index (χ1v) is 6.04. The van der Waals surface area contributed by atoms with Crippen molar-refractivity contribution in [3.63, 3.8) is 0 Å². The Kier molecular flexibility index (Phi) is 3.77. The third kappa shape index (κ3) is 2.59. The molecule has 0 unspecified atom stereocenters. The number of likely N-dealkylation sites (N-methyl/N-ethyl adjacent to an activating group) is 1. The fourth-order valence-corrected chi connectivity index (χ4v) is 1.73. The number of fused-ring (bicyclic) bond motifs is 1. The van der Waals surface area contributed by atoms with E-state index < -0.39 is 0 Å². The molecule has 2 aromatic rings. The van der Waals surface area contributed by atoms with E-state index in [-0.39, 0.29) is 12.5 Å². The number of benzene rings is 1. The number of pyridine rings is 1. The maximum Gasteiger partial charge on any atom is 0.241 e. The van der Waals surface area contributed by atoms with Crippen molar-refractivity contribution in [2.75, 3.05) is 25.5 Å². The van der Waals surface area contributed by atoms with Crippen molar-refractivity contribution in [3.8, 4) is 0 Å². The SMILES string of the molecule is CCN(C)C(=O)CNc1nccc2ccccc12. The average molecular weight is 243 g/mol. The second-order valence-electron chi connectivity index (χ2n) is 4.14. The highest BCUT2D eigenvalue weighted by Gasteiger charge is 2.07. The summed E-state index contributed by atoms with van der Waals surface area (Å²) in [5, 5.41) is 5.25. The van der Waals surface area contributed by atoms with Crippen molar-refractivity contribution in [2.24, 2.45) is 0 Å². The van der Waals surface area contributed by atoms with Crippen LogP contribution in [0.1, 0.15) is 6.92 Å². The molecule has 2 rings (SSSR count). The third-order valence-corrected chi connectivity index (χ3v) is 2.98. The summed E-state index contributed by atoms with van der Waals surface area (Å²) in [5.74, 6) is 0.818. The van der Waals surface area contributed by atoms with Gasteiger partial charge in [0, 0.05) is 25.2 Å². The molecule has 0 spiro atoms. The minimum atomic E-state index is 0.0623. The Labute approximate surface area is 107 Å². The van der Waals surface area contributed by atoms with Gasteiger partial charge in [-0.2, -0.15) is 0 Å². The van der Waals surface area contributed by atoms with Gasteiger partial charge < -0.3 is 10.2 Å². The second-order valence-corrected chi connectivity index (χ2v) is 4.14. The van der Waals surface area contributed by atoms with E-state index in [1.165, 1.54) is 0 Å². The fraction of sp³-hybridized carbons (Fsp3) is 0.286. The maximum absolute atomic E-state index is 11.7. The molecule has 4 heteroatoms. The lowest BCUT2D eigenvalue weighted by Crippen LogP contribution is -2.32. The molecule has 1 amide bonds. The van der Waals surface area contributed by atoms with Gasteiger partial charge in [-0.3, -0.25) is 4.79 Å². The van der Waals surface area contributed by atoms with E-state index in [9.17, 15) is 4.79 Å². The van der Waals surface area contributed by atoms with Gasteiger partial charge >= 0.3 is 0 Å². The molecule has 1 heterocycles. The van der Waals surface area contributed by atoms with E-state index in [2.05, 4.69) is 10.3 Å². The zero-order valence-electron chi connectivity index (χ0n) is 10.7. The van der Waals surface area contributed by atoms with Gasteiger partial charge in [0.1, 0.15) is 5.82 Å². The molecule has 1 aromatic carbocycles. The van der Waals surface area contributed by atoms with E-state index in [0.717, 1.165) is 16.6 Å². The standard InChI is InChI=1S/C14H17N3O/c1-3-17(2)13(18)10-16-14-12-7-5-4-6-11(12)8-9-15-14/h4-9H,3,10H2,1-2H3,(H,15,16). The number of amides is 1. The molecule has 0 fully saturated rings. The number of aromatic nitrogens is 1. The highest BCUT2D eigenvalue weighted by Crippen LogP contribution is 2.19. The quantitative estimate of drug-likeness (QED) is 0.894. The summed E-state index contributed by atoms with van der Waals surface area (Å²) in [7, 11) is 1.79. The van der Waals surface area contributed by atoms with Crippen molar-refractivity contribution < 1.29 is 4.79 Å². The largest absolute Gasteiger partial charge is 0.360 e. The van der Waals surface area contributed by atoms with Crippen LogP contribution >= 0.6 is 0 Å². The van der Waals surface area contributed by atoms with Crippen LogP contribution in [0.5, 0.6) is 0 Å². The van der Waals surface area contributed by atoms with Crippen LogP contribution in [0.3, 0.4) is 0 Å². The summed E-state index contributed by atoms with van der Waals surface area (Å²) in [6.45, 7) is 2.93. The number of hydrogen-bond acceptors (Lipinski definition) is 3. The van der Waals surface area contributed by atoms with E-state index in [4.69, 9.17) is 0 Å². The molecular formula is C14H17N3O. The monoisotopic (exact) mass is 243 g/mol. The summed E-state index contributed by atoms with van der Waals surface area (Å²) in [6.07, 6.45) is 1.75. The molecule has 0 radical (unpaired) electrons. The van der Waals surface area contributed by atoms with Crippen molar-refractivity contribution in [1.29, 1.82) is 0 Å². The van der Waals surface area contributed by atoms with Crippen molar-refractivity contribution in [3.05, 3.63) is 36.5 Å². The van der Waals surface area contributed by atoms with Gasteiger partial charge in [-0.25, -0.2) is 4.98 Å². The Morgan fingerprint density at radius 2 is 2.11 bits per heavy atom. The lowest BCUT2D eigenvalue weighted by molar-refractivity contribution is -0.127. The van der Waals surface area contributed by atoms with Crippen LogP contribution in [-0.2, 0) is 4.79 Å². The molecule has 0 atom stereocenters. The topological polar surface area (TPSA) is 45.2 Å². The Balaban J connectivity index is 2.15. The van der Waals surface area contributed by atoms with E-state index in [0.29, 0.717) is 6.54 Å². The molecular weight excluding hydrogens is 226 g/mol. The zero-order valence-corrected chi connectivity index (χ0v) is 10.7. The maximum atomic E-state index is 11.7. The first-order chi connectivity index (χ1) is 8.72. The lowest BCUT2D eigenvalue weighted by atomic mass is 10.1. The highest BCUT2D eigenvalue weighted by molar-refractivity contribution is 5.93. The molecule has 0 saturated heterocycles. The van der Waals surface area contributed by atoms with Crippen LogP contribution in [-0.4, -0.2) is 35.9 Å². The highest BCUT2D eigenvalue weighted by atomic mass is 16.2. The minimum absolute atomic E-state index is 0.0623. The van der Waals surface area contributed by atoms with Crippen LogP contribution in [0.25, 0.3) is 10.8 Å². The molecule has 1 N–H and O–H groups in total. The van der Waals surface area contributed by atoms with Gasteiger partial charge in [0.05, 0.1) is 6.54 Å². The summed E-state index contributed by atoms with van der Waals surface area (Å²) < 4.78 is 0. The predicted molar refractivity (Wildman–Crippen MR) is 73.5 cm³/mol. The molecule has 0 bridgehead atoms. The van der Waals surface area contributed by atoms with Gasteiger partial charge in [0.15, 0.2) is 0 Å². The van der Waals surface area contributed by atoms with Crippen LogP contribution < -0.4 is 5.32 Å². The minimum Gasteiger partial charge on any atom is -0.360 e. The predicted octanol–water partition coefficient (Wildman–Crippen LogP) is 2.12. The number of hydrogen-bond donors (Lipinski definition) is 1. The fourth-order valence-electron chi connectivity index (χ4n) is 1.73. The molecule has 4 nitrogen and oxygen atoms in total. The first-order valence-electron chi connectivity index (χ1n) is 6.04. The van der Waals surface area contributed by atoms with Crippen LogP contribution in [0.15, 0.2) is 36.5 Å². The van der Waals surface area contributed by atoms with Crippen LogP contribution in [0, 0.1) is 0 Å². The Bertz CT molecular complexity index is 548. The lowest BCUT2D eigenvalue weighted by Gasteiger charge is -2.15. The van der Waals surface area contributed by atoms with Gasteiger partial charge in [-0.15, -0.1) is 0 Å². The molecule has 18 heavy (non-hydrogen) atoms. The Hall–Kier alpha value is -2.10. The zero-order chi connectivity index (χ0) is 13.0. The van der Waals surface area contributed by atoms with Crippen LogP contribution in [0.2, 0.25) is 0 Å². The number of carbonyl (C=O) groups is 1. The number of anilines is 1. The molecule has 0 aliphatic carbocycles. The molecule has 0 aliphatic heterocycles. The molecule has 0 aliphatic rings. The average Bonchev–Trinajstić information content (AvgIpc) is 2.43. The van der Waals surface area contributed by atoms with Crippen LogP contribution in [0.4, 0.5) is 5.82 Å². The van der Waals surface area contributed by atoms with E-state index >= 15 is 0 Å². The molecule has 0 saturated carbocycles. The first kappa shape index (κ1) is 12.4. The second kappa shape index (κ2) is 5.49. The van der Waals surface area contributed by atoms with Crippen molar-refractivity contribution in [1.82, 2.24) is 9.88 Å².